The summed E-state index contributed by atoms with van der Waals surface area (Å²) in [5.74, 6) is -0.586. The van der Waals surface area contributed by atoms with E-state index < -0.39 is 18.0 Å². The molecule has 2 saturated heterocycles. The number of β-lactam (4-membered cyclic amide) rings is 1. The predicted octanol–water partition coefficient (Wildman–Crippen LogP) is 0.715. The van der Waals surface area contributed by atoms with Crippen LogP contribution in [-0.2, 0) is 9.59 Å². The lowest BCUT2D eigenvalue weighted by Gasteiger charge is -2.46. The Morgan fingerprint density at radius 1 is 1.41 bits per heavy atom. The number of amides is 1. The van der Waals surface area contributed by atoms with Crippen molar-refractivity contribution in [2.45, 2.75) is 50.5 Å². The van der Waals surface area contributed by atoms with Gasteiger partial charge in [-0.2, -0.15) is 0 Å². The zero-order valence-electron chi connectivity index (χ0n) is 17.0. The minimum absolute atomic E-state index is 0.0619. The molecule has 0 aromatic carbocycles. The van der Waals surface area contributed by atoms with Crippen LogP contribution in [0, 0.1) is 17.8 Å². The number of fused-ring (bicyclic) bond motifs is 1. The monoisotopic (exact) mass is 422 g/mol. The Morgan fingerprint density at radius 3 is 2.79 bits per heavy atom. The summed E-state index contributed by atoms with van der Waals surface area (Å²) < 4.78 is 0. The van der Waals surface area contributed by atoms with Gasteiger partial charge in [0, 0.05) is 42.1 Å². The number of carbonyl (C=O) groups is 2. The number of nitrogens with two attached hydrogens (primary N) is 1. The number of aliphatic imine (C=N–C) groups is 1. The summed E-state index contributed by atoms with van der Waals surface area (Å²) >= 11 is 1.62. The van der Waals surface area contributed by atoms with Crippen molar-refractivity contribution in [3.63, 3.8) is 0 Å². The number of aliphatic hydroxyl groups excluding tert-OH is 1. The molecular weight excluding hydrogens is 392 g/mol. The maximum absolute atomic E-state index is 12.5. The lowest BCUT2D eigenvalue weighted by Crippen LogP contribution is -2.63. The van der Waals surface area contributed by atoms with Crippen molar-refractivity contribution in [3.05, 3.63) is 10.6 Å². The Hall–Kier alpha value is -1.58. The standard InChI is InChI=1S/C20H30N4O4S/c1-10-16-15(11(2)25)19(26)24(16)17(20(27)28)18(10)29-13-5-6-23(9-13)8-12-3-4-14(21)22-7-12/h10-13,15-16,25H,3-9H2,1-2H3,(H2,21,22)(H,27,28)/t10-,11-,12?,13-,15-,16-/m1/s1. The highest BCUT2D eigenvalue weighted by Crippen LogP contribution is 2.51. The molecule has 0 aromatic heterocycles. The summed E-state index contributed by atoms with van der Waals surface area (Å²) in [5, 5.41) is 20.1. The van der Waals surface area contributed by atoms with Crippen molar-refractivity contribution in [2.75, 3.05) is 26.2 Å². The van der Waals surface area contributed by atoms with Gasteiger partial charge in [0.25, 0.3) is 0 Å². The third-order valence-corrected chi connectivity index (χ3v) is 8.25. The minimum Gasteiger partial charge on any atom is -0.477 e. The molecule has 2 fully saturated rings. The van der Waals surface area contributed by atoms with Crippen LogP contribution < -0.4 is 5.73 Å². The van der Waals surface area contributed by atoms with Crippen LogP contribution in [0.15, 0.2) is 15.6 Å². The number of aliphatic carboxylic acids is 1. The number of amidine groups is 1. The average Bonchev–Trinajstić information content (AvgIpc) is 3.18. The zero-order chi connectivity index (χ0) is 20.9. The van der Waals surface area contributed by atoms with E-state index in [4.69, 9.17) is 5.73 Å². The highest BCUT2D eigenvalue weighted by molar-refractivity contribution is 8.03. The number of hydrogen-bond acceptors (Lipinski definition) is 7. The van der Waals surface area contributed by atoms with Gasteiger partial charge < -0.3 is 25.7 Å². The molecule has 8 nitrogen and oxygen atoms in total. The van der Waals surface area contributed by atoms with E-state index in [1.165, 1.54) is 4.90 Å². The smallest absolute Gasteiger partial charge is 0.353 e. The molecular formula is C20H30N4O4S. The summed E-state index contributed by atoms with van der Waals surface area (Å²) in [7, 11) is 0. The van der Waals surface area contributed by atoms with E-state index in [-0.39, 0.29) is 23.6 Å². The molecule has 0 radical (unpaired) electrons. The number of rotatable bonds is 6. The van der Waals surface area contributed by atoms with Crippen LogP contribution in [0.4, 0.5) is 0 Å². The predicted molar refractivity (Wildman–Crippen MR) is 111 cm³/mol. The van der Waals surface area contributed by atoms with E-state index >= 15 is 0 Å². The van der Waals surface area contributed by atoms with Crippen LogP contribution in [0.3, 0.4) is 0 Å². The molecule has 1 amide bonds. The fourth-order valence-corrected chi connectivity index (χ4v) is 6.72. The van der Waals surface area contributed by atoms with Gasteiger partial charge in [0.1, 0.15) is 5.70 Å². The minimum atomic E-state index is -1.05. The molecule has 4 heterocycles. The first-order chi connectivity index (χ1) is 13.8. The molecule has 0 saturated carbocycles. The number of carboxylic acids is 1. The Morgan fingerprint density at radius 2 is 2.17 bits per heavy atom. The molecule has 4 N–H and O–H groups in total. The van der Waals surface area contributed by atoms with Gasteiger partial charge in [-0.25, -0.2) is 4.79 Å². The Kier molecular flexibility index (Phi) is 5.65. The second-order valence-electron chi connectivity index (χ2n) is 8.80. The van der Waals surface area contributed by atoms with Crippen LogP contribution in [-0.4, -0.2) is 81.3 Å². The average molecular weight is 423 g/mol. The van der Waals surface area contributed by atoms with Crippen molar-refractivity contribution in [1.82, 2.24) is 9.80 Å². The first-order valence-electron chi connectivity index (χ1n) is 10.4. The third kappa shape index (κ3) is 3.68. The number of carboxylic acid groups (broad SMARTS) is 1. The van der Waals surface area contributed by atoms with Crippen molar-refractivity contribution < 1.29 is 19.8 Å². The van der Waals surface area contributed by atoms with E-state index in [0.29, 0.717) is 11.2 Å². The highest BCUT2D eigenvalue weighted by Gasteiger charge is 2.60. The maximum atomic E-state index is 12.5. The van der Waals surface area contributed by atoms with Gasteiger partial charge in [0.05, 0.1) is 23.9 Å². The quantitative estimate of drug-likeness (QED) is 0.540. The molecule has 9 heteroatoms. The van der Waals surface area contributed by atoms with Gasteiger partial charge in [0.15, 0.2) is 0 Å². The van der Waals surface area contributed by atoms with Gasteiger partial charge in [-0.3, -0.25) is 9.79 Å². The molecule has 6 atom stereocenters. The van der Waals surface area contributed by atoms with Crippen LogP contribution in [0.1, 0.15) is 33.1 Å². The summed E-state index contributed by atoms with van der Waals surface area (Å²) in [6.07, 6.45) is 2.19. The molecule has 1 unspecified atom stereocenters. The Bertz CT molecular complexity index is 768. The van der Waals surface area contributed by atoms with E-state index in [1.54, 1.807) is 18.7 Å². The normalized spacial score (nSPS) is 36.1. The van der Waals surface area contributed by atoms with Gasteiger partial charge in [-0.05, 0) is 32.2 Å². The molecule has 0 spiro atoms. The molecule has 29 heavy (non-hydrogen) atoms. The van der Waals surface area contributed by atoms with E-state index in [2.05, 4.69) is 9.89 Å². The fraction of sp³-hybridized carbons (Fsp3) is 0.750. The number of likely N-dealkylation sites (tertiary alicyclic amines) is 1. The van der Waals surface area contributed by atoms with Crippen LogP contribution in [0.5, 0.6) is 0 Å². The summed E-state index contributed by atoms with van der Waals surface area (Å²) in [6, 6.07) is -0.237. The van der Waals surface area contributed by atoms with Crippen LogP contribution in [0.25, 0.3) is 0 Å². The summed E-state index contributed by atoms with van der Waals surface area (Å²) in [5.41, 5.74) is 5.90. The Balaban J connectivity index is 1.41. The third-order valence-electron chi connectivity index (χ3n) is 6.71. The second kappa shape index (κ2) is 7.92. The van der Waals surface area contributed by atoms with Crippen LogP contribution in [0.2, 0.25) is 0 Å². The van der Waals surface area contributed by atoms with Gasteiger partial charge in [-0.1, -0.05) is 6.92 Å². The van der Waals surface area contributed by atoms with Gasteiger partial charge in [-0.15, -0.1) is 11.8 Å². The van der Waals surface area contributed by atoms with Crippen molar-refractivity contribution >= 4 is 29.5 Å². The first-order valence-corrected chi connectivity index (χ1v) is 11.3. The van der Waals surface area contributed by atoms with Gasteiger partial charge >= 0.3 is 5.97 Å². The Labute approximate surface area is 175 Å². The number of hydrogen-bond donors (Lipinski definition) is 3. The number of nitrogens with zero attached hydrogens (tertiary/aromatic N) is 3. The van der Waals surface area contributed by atoms with E-state index in [0.717, 1.165) is 56.2 Å². The molecule has 0 aromatic rings. The molecule has 4 rings (SSSR count). The topological polar surface area (TPSA) is 119 Å². The zero-order valence-corrected chi connectivity index (χ0v) is 17.8. The molecule has 0 bridgehead atoms. The van der Waals surface area contributed by atoms with Crippen molar-refractivity contribution in [3.8, 4) is 0 Å². The molecule has 160 valence electrons. The largest absolute Gasteiger partial charge is 0.477 e. The lowest BCUT2D eigenvalue weighted by molar-refractivity contribution is -0.163. The summed E-state index contributed by atoms with van der Waals surface area (Å²) in [6.45, 7) is 7.31. The van der Waals surface area contributed by atoms with Gasteiger partial charge in [0.2, 0.25) is 5.91 Å². The lowest BCUT2D eigenvalue weighted by atomic mass is 9.79. The summed E-state index contributed by atoms with van der Waals surface area (Å²) in [4.78, 5) is 33.4. The van der Waals surface area contributed by atoms with Crippen molar-refractivity contribution in [1.29, 1.82) is 0 Å². The molecule has 4 aliphatic rings. The molecule has 4 aliphatic heterocycles. The fourth-order valence-electron chi connectivity index (χ4n) is 5.20. The number of thioether (sulfide) groups is 1. The number of carbonyl (C=O) groups excluding carboxylic acids is 1. The molecule has 0 aliphatic carbocycles. The van der Waals surface area contributed by atoms with E-state index in [9.17, 15) is 19.8 Å². The first kappa shape index (κ1) is 20.7. The van der Waals surface area contributed by atoms with Crippen LogP contribution >= 0.6 is 11.8 Å². The van der Waals surface area contributed by atoms with Crippen molar-refractivity contribution in [2.24, 2.45) is 28.5 Å². The number of aliphatic hydroxyl groups is 1. The second-order valence-corrected chi connectivity index (χ2v) is 10.1. The SMILES string of the molecule is C[C@@H](O)[C@H]1C(=O)N2C(C(=O)O)=C(S[C@@H]3CCN(CC4CCC(N)=NC4)C3)[C@H](C)[C@H]12. The van der Waals surface area contributed by atoms with E-state index in [1.807, 2.05) is 6.92 Å². The highest BCUT2D eigenvalue weighted by atomic mass is 32.2. The maximum Gasteiger partial charge on any atom is 0.353 e.